The lowest BCUT2D eigenvalue weighted by Crippen LogP contribution is -2.44. The minimum absolute atomic E-state index is 0.0240. The fraction of sp³-hybridized carbons (Fsp3) is 0.385. The van der Waals surface area contributed by atoms with Gasteiger partial charge in [-0.05, 0) is 60.6 Å². The summed E-state index contributed by atoms with van der Waals surface area (Å²) in [7, 11) is 1.62. The molecule has 31 heavy (non-hydrogen) atoms. The molecule has 1 amide bonds. The molecule has 2 heterocycles. The van der Waals surface area contributed by atoms with E-state index in [1.807, 2.05) is 65.1 Å². The quantitative estimate of drug-likeness (QED) is 0.627. The molecule has 4 rings (SSSR count). The molecule has 2 unspecified atom stereocenters. The number of piperidine rings is 1. The number of hydrogen-bond acceptors (Lipinski definition) is 3. The molecular formula is C26H30N2O3. The van der Waals surface area contributed by atoms with Crippen LogP contribution in [0.1, 0.15) is 25.8 Å². The van der Waals surface area contributed by atoms with Crippen molar-refractivity contribution in [1.82, 2.24) is 9.47 Å². The number of rotatable bonds is 4. The lowest BCUT2D eigenvalue weighted by Gasteiger charge is -2.35. The van der Waals surface area contributed by atoms with E-state index in [1.165, 1.54) is 0 Å². The number of pyridine rings is 1. The standard InChI is InChI=1S/C26H30N2O3/c1-17-5-10-22-24(12-17)27(16-25(29)28-13-18(2)11-19(3)14-28)15-23(26(22)30)20-6-8-21(31-4)9-7-20/h5-10,12,15,18-19H,11,13-14,16H2,1-4H3. The molecule has 0 radical (unpaired) electrons. The summed E-state index contributed by atoms with van der Waals surface area (Å²) in [5, 5.41) is 0.632. The van der Waals surface area contributed by atoms with Crippen LogP contribution in [0.25, 0.3) is 22.0 Å². The van der Waals surface area contributed by atoms with Gasteiger partial charge in [0.25, 0.3) is 0 Å². The molecule has 2 aromatic carbocycles. The first-order valence-electron chi connectivity index (χ1n) is 10.9. The summed E-state index contributed by atoms with van der Waals surface area (Å²) in [5.41, 5.74) is 3.24. The third-order valence-corrected chi connectivity index (χ3v) is 6.17. The molecule has 1 saturated heterocycles. The zero-order chi connectivity index (χ0) is 22.1. The Morgan fingerprint density at radius 2 is 1.74 bits per heavy atom. The zero-order valence-corrected chi connectivity index (χ0v) is 18.7. The van der Waals surface area contributed by atoms with Gasteiger partial charge in [-0.25, -0.2) is 0 Å². The predicted molar refractivity (Wildman–Crippen MR) is 124 cm³/mol. The van der Waals surface area contributed by atoms with Gasteiger partial charge in [0.15, 0.2) is 5.43 Å². The summed E-state index contributed by atoms with van der Waals surface area (Å²) in [6, 6.07) is 13.3. The van der Waals surface area contributed by atoms with Crippen LogP contribution in [0.2, 0.25) is 0 Å². The van der Waals surface area contributed by atoms with E-state index in [1.54, 1.807) is 7.11 Å². The molecule has 0 spiro atoms. The molecule has 0 N–H and O–H groups in total. The van der Waals surface area contributed by atoms with E-state index in [4.69, 9.17) is 4.74 Å². The van der Waals surface area contributed by atoms with Crippen molar-refractivity contribution in [3.8, 4) is 16.9 Å². The maximum Gasteiger partial charge on any atom is 0.242 e. The molecule has 1 aliphatic heterocycles. The molecule has 5 nitrogen and oxygen atoms in total. The van der Waals surface area contributed by atoms with Crippen LogP contribution in [-0.2, 0) is 11.3 Å². The van der Waals surface area contributed by atoms with E-state index in [-0.39, 0.29) is 17.9 Å². The molecule has 1 aromatic heterocycles. The van der Waals surface area contributed by atoms with Gasteiger partial charge < -0.3 is 14.2 Å². The van der Waals surface area contributed by atoms with Gasteiger partial charge in [-0.3, -0.25) is 9.59 Å². The van der Waals surface area contributed by atoms with Crippen LogP contribution in [0.3, 0.4) is 0 Å². The second kappa shape index (κ2) is 8.58. The van der Waals surface area contributed by atoms with Gasteiger partial charge in [-0.1, -0.05) is 32.0 Å². The highest BCUT2D eigenvalue weighted by Crippen LogP contribution is 2.25. The Hall–Kier alpha value is -3.08. The first-order valence-corrected chi connectivity index (χ1v) is 10.9. The Morgan fingerprint density at radius 3 is 2.39 bits per heavy atom. The first kappa shape index (κ1) is 21.2. The van der Waals surface area contributed by atoms with Crippen molar-refractivity contribution in [2.45, 2.75) is 33.7 Å². The minimum Gasteiger partial charge on any atom is -0.497 e. The molecule has 0 aliphatic carbocycles. The van der Waals surface area contributed by atoms with Crippen molar-refractivity contribution in [1.29, 1.82) is 0 Å². The SMILES string of the molecule is COc1ccc(-c2cn(CC(=O)N3CC(C)CC(C)C3)c3cc(C)ccc3c2=O)cc1. The Morgan fingerprint density at radius 1 is 1.06 bits per heavy atom. The Bertz CT molecular complexity index is 1150. The summed E-state index contributed by atoms with van der Waals surface area (Å²) in [6.07, 6.45) is 2.99. The van der Waals surface area contributed by atoms with Crippen molar-refractivity contribution in [3.05, 3.63) is 64.4 Å². The fourth-order valence-electron chi connectivity index (χ4n) is 4.72. The van der Waals surface area contributed by atoms with Crippen molar-refractivity contribution in [2.24, 2.45) is 11.8 Å². The lowest BCUT2D eigenvalue weighted by molar-refractivity contribution is -0.134. The number of ether oxygens (including phenoxy) is 1. The Labute approximate surface area is 183 Å². The highest BCUT2D eigenvalue weighted by Gasteiger charge is 2.26. The number of amides is 1. The Balaban J connectivity index is 1.77. The van der Waals surface area contributed by atoms with Crippen LogP contribution < -0.4 is 10.2 Å². The molecule has 2 atom stereocenters. The molecule has 1 aliphatic rings. The maximum absolute atomic E-state index is 13.3. The highest BCUT2D eigenvalue weighted by molar-refractivity contribution is 5.86. The van der Waals surface area contributed by atoms with E-state index in [0.29, 0.717) is 22.8 Å². The van der Waals surface area contributed by atoms with Crippen LogP contribution in [-0.4, -0.2) is 35.6 Å². The molecule has 0 saturated carbocycles. The first-order chi connectivity index (χ1) is 14.9. The maximum atomic E-state index is 13.3. The van der Waals surface area contributed by atoms with Crippen molar-refractivity contribution < 1.29 is 9.53 Å². The normalized spacial score (nSPS) is 18.9. The highest BCUT2D eigenvalue weighted by atomic mass is 16.5. The summed E-state index contributed by atoms with van der Waals surface area (Å²) in [5.74, 6) is 1.86. The topological polar surface area (TPSA) is 51.5 Å². The molecule has 1 fully saturated rings. The van der Waals surface area contributed by atoms with Gasteiger partial charge in [0.05, 0.1) is 12.6 Å². The van der Waals surface area contributed by atoms with E-state index >= 15 is 0 Å². The Kier molecular flexibility index (Phi) is 5.86. The van der Waals surface area contributed by atoms with Gasteiger partial charge >= 0.3 is 0 Å². The average molecular weight is 419 g/mol. The number of methoxy groups -OCH3 is 1. The summed E-state index contributed by atoms with van der Waals surface area (Å²) >= 11 is 0. The number of likely N-dealkylation sites (tertiary alicyclic amines) is 1. The van der Waals surface area contributed by atoms with Gasteiger partial charge in [0, 0.05) is 30.2 Å². The van der Waals surface area contributed by atoms with Crippen LogP contribution in [0.5, 0.6) is 5.75 Å². The molecule has 0 bridgehead atoms. The van der Waals surface area contributed by atoms with Gasteiger partial charge in [0.1, 0.15) is 12.3 Å². The molecule has 3 aromatic rings. The van der Waals surface area contributed by atoms with Gasteiger partial charge in [-0.15, -0.1) is 0 Å². The predicted octanol–water partition coefficient (Wildman–Crippen LogP) is 4.49. The third kappa shape index (κ3) is 4.36. The number of hydrogen-bond donors (Lipinski definition) is 0. The van der Waals surface area contributed by atoms with Crippen LogP contribution in [0.4, 0.5) is 0 Å². The fourth-order valence-corrected chi connectivity index (χ4v) is 4.72. The number of carbonyl (C=O) groups is 1. The van der Waals surface area contributed by atoms with Crippen molar-refractivity contribution in [3.63, 3.8) is 0 Å². The van der Waals surface area contributed by atoms with E-state index in [2.05, 4.69) is 13.8 Å². The number of carbonyl (C=O) groups excluding carboxylic acids is 1. The third-order valence-electron chi connectivity index (χ3n) is 6.17. The molecule has 5 heteroatoms. The van der Waals surface area contributed by atoms with Crippen molar-refractivity contribution >= 4 is 16.8 Å². The summed E-state index contributed by atoms with van der Waals surface area (Å²) in [6.45, 7) is 8.23. The van der Waals surface area contributed by atoms with E-state index < -0.39 is 0 Å². The number of aryl methyl sites for hydroxylation is 1. The summed E-state index contributed by atoms with van der Waals surface area (Å²) < 4.78 is 7.19. The second-order valence-electron chi connectivity index (χ2n) is 8.99. The van der Waals surface area contributed by atoms with E-state index in [0.717, 1.165) is 41.9 Å². The molecular weight excluding hydrogens is 388 g/mol. The largest absolute Gasteiger partial charge is 0.497 e. The smallest absolute Gasteiger partial charge is 0.242 e. The number of aromatic nitrogens is 1. The zero-order valence-electron chi connectivity index (χ0n) is 18.7. The van der Waals surface area contributed by atoms with Crippen LogP contribution in [0.15, 0.2) is 53.5 Å². The number of fused-ring (bicyclic) bond motifs is 1. The van der Waals surface area contributed by atoms with Crippen LogP contribution >= 0.6 is 0 Å². The van der Waals surface area contributed by atoms with Gasteiger partial charge in [-0.2, -0.15) is 0 Å². The monoisotopic (exact) mass is 418 g/mol. The minimum atomic E-state index is -0.0240. The van der Waals surface area contributed by atoms with Crippen molar-refractivity contribution in [2.75, 3.05) is 20.2 Å². The van der Waals surface area contributed by atoms with Gasteiger partial charge in [0.2, 0.25) is 5.91 Å². The number of nitrogens with zero attached hydrogens (tertiary/aromatic N) is 2. The average Bonchev–Trinajstić information content (AvgIpc) is 2.75. The lowest BCUT2D eigenvalue weighted by atomic mass is 9.92. The summed E-state index contributed by atoms with van der Waals surface area (Å²) in [4.78, 5) is 28.5. The second-order valence-corrected chi connectivity index (χ2v) is 8.99. The molecule has 162 valence electrons. The number of benzene rings is 2. The van der Waals surface area contributed by atoms with Crippen LogP contribution in [0, 0.1) is 18.8 Å². The van der Waals surface area contributed by atoms with E-state index in [9.17, 15) is 9.59 Å².